The Balaban J connectivity index is 1.74. The van der Waals surface area contributed by atoms with Gasteiger partial charge in [0.2, 0.25) is 15.9 Å². The van der Waals surface area contributed by atoms with E-state index in [1.807, 2.05) is 0 Å². The molecular weight excluding hydrogens is 324 g/mol. The van der Waals surface area contributed by atoms with Crippen LogP contribution in [0, 0.1) is 18.3 Å². The molecule has 1 saturated heterocycles. The summed E-state index contributed by atoms with van der Waals surface area (Å²) >= 11 is 0. The Morgan fingerprint density at radius 3 is 2.58 bits per heavy atom. The molecule has 1 heterocycles. The zero-order valence-electron chi connectivity index (χ0n) is 13.6. The van der Waals surface area contributed by atoms with Crippen molar-refractivity contribution in [2.24, 2.45) is 5.92 Å². The highest BCUT2D eigenvalue weighted by Gasteiger charge is 2.39. The molecule has 1 aliphatic carbocycles. The van der Waals surface area contributed by atoms with Gasteiger partial charge < -0.3 is 4.90 Å². The number of benzene rings is 1. The van der Waals surface area contributed by atoms with E-state index in [9.17, 15) is 13.2 Å². The van der Waals surface area contributed by atoms with Crippen molar-refractivity contribution in [1.82, 2.24) is 9.21 Å². The van der Waals surface area contributed by atoms with Crippen LogP contribution in [-0.4, -0.2) is 49.2 Å². The average molecular weight is 346 g/mol. The highest BCUT2D eigenvalue weighted by atomic mass is 32.2. The zero-order chi connectivity index (χ0) is 17.2. The Morgan fingerprint density at radius 1 is 1.25 bits per heavy atom. The number of carbonyl (C=O) groups is 1. The van der Waals surface area contributed by atoms with Crippen LogP contribution in [0.1, 0.15) is 25.7 Å². The van der Waals surface area contributed by atoms with Crippen molar-refractivity contribution in [1.29, 1.82) is 0 Å². The Kier molecular flexibility index (Phi) is 4.93. The molecule has 0 bridgehead atoms. The fourth-order valence-corrected chi connectivity index (χ4v) is 4.75. The maximum absolute atomic E-state index is 12.8. The van der Waals surface area contributed by atoms with Crippen molar-refractivity contribution in [3.8, 4) is 12.3 Å². The van der Waals surface area contributed by atoms with Crippen molar-refractivity contribution in [3.05, 3.63) is 30.3 Å². The van der Waals surface area contributed by atoms with E-state index in [0.29, 0.717) is 25.9 Å². The molecule has 1 amide bonds. The lowest BCUT2D eigenvalue weighted by Gasteiger charge is -2.34. The molecule has 1 unspecified atom stereocenters. The number of amides is 1. The standard InChI is InChI=1S/C18H22N2O3S/c1-2-12-20(16-10-11-16)18(21)15-7-6-13-19(14-15)24(22,23)17-8-4-3-5-9-17/h1,3-5,8-9,15-16H,6-7,10-14H2. The summed E-state index contributed by atoms with van der Waals surface area (Å²) in [6, 6.07) is 8.64. The Bertz CT molecular complexity index is 735. The average Bonchev–Trinajstić information content (AvgIpc) is 3.45. The molecule has 2 fully saturated rings. The van der Waals surface area contributed by atoms with E-state index in [1.165, 1.54) is 4.31 Å². The van der Waals surface area contributed by atoms with Crippen molar-refractivity contribution in [2.45, 2.75) is 36.6 Å². The number of nitrogens with zero attached hydrogens (tertiary/aromatic N) is 2. The largest absolute Gasteiger partial charge is 0.328 e. The van der Waals surface area contributed by atoms with Crippen LogP contribution in [0.2, 0.25) is 0 Å². The van der Waals surface area contributed by atoms with Gasteiger partial charge in [0.05, 0.1) is 17.4 Å². The van der Waals surface area contributed by atoms with Crippen LogP contribution >= 0.6 is 0 Å². The van der Waals surface area contributed by atoms with Crippen molar-refractivity contribution in [3.63, 3.8) is 0 Å². The van der Waals surface area contributed by atoms with E-state index < -0.39 is 10.0 Å². The molecule has 0 N–H and O–H groups in total. The molecule has 0 spiro atoms. The van der Waals surface area contributed by atoms with Gasteiger partial charge in [-0.05, 0) is 37.8 Å². The minimum absolute atomic E-state index is 0.00316. The van der Waals surface area contributed by atoms with Crippen LogP contribution in [-0.2, 0) is 14.8 Å². The molecule has 6 heteroatoms. The summed E-state index contributed by atoms with van der Waals surface area (Å²) < 4.78 is 27.0. The third-order valence-corrected chi connectivity index (χ3v) is 6.53. The van der Waals surface area contributed by atoms with Gasteiger partial charge in [0, 0.05) is 19.1 Å². The number of piperidine rings is 1. The highest BCUT2D eigenvalue weighted by molar-refractivity contribution is 7.89. The van der Waals surface area contributed by atoms with Gasteiger partial charge in [0.1, 0.15) is 0 Å². The lowest BCUT2D eigenvalue weighted by molar-refractivity contribution is -0.136. The molecule has 1 atom stereocenters. The van der Waals surface area contributed by atoms with E-state index in [-0.39, 0.29) is 29.3 Å². The first kappa shape index (κ1) is 17.0. The Labute approximate surface area is 143 Å². The van der Waals surface area contributed by atoms with E-state index in [2.05, 4.69) is 5.92 Å². The van der Waals surface area contributed by atoms with Crippen molar-refractivity contribution >= 4 is 15.9 Å². The normalized spacial score (nSPS) is 21.9. The molecule has 1 saturated carbocycles. The van der Waals surface area contributed by atoms with Crippen LogP contribution in [0.25, 0.3) is 0 Å². The minimum atomic E-state index is -3.55. The second-order valence-electron chi connectivity index (χ2n) is 6.42. The third-order valence-electron chi connectivity index (χ3n) is 4.65. The topological polar surface area (TPSA) is 57.7 Å². The third kappa shape index (κ3) is 3.47. The van der Waals surface area contributed by atoms with Crippen molar-refractivity contribution in [2.75, 3.05) is 19.6 Å². The predicted octanol–water partition coefficient (Wildman–Crippen LogP) is 1.71. The summed E-state index contributed by atoms with van der Waals surface area (Å²) in [5, 5.41) is 0. The zero-order valence-corrected chi connectivity index (χ0v) is 14.4. The smallest absolute Gasteiger partial charge is 0.243 e. The maximum atomic E-state index is 12.8. The number of carbonyl (C=O) groups excluding carboxylic acids is 1. The fourth-order valence-electron chi connectivity index (χ4n) is 3.21. The first-order valence-corrected chi connectivity index (χ1v) is 9.77. The Hall–Kier alpha value is -1.84. The molecule has 0 aromatic heterocycles. The molecule has 0 radical (unpaired) electrons. The number of sulfonamides is 1. The second-order valence-corrected chi connectivity index (χ2v) is 8.35. The van der Waals surface area contributed by atoms with E-state index in [4.69, 9.17) is 6.42 Å². The summed E-state index contributed by atoms with van der Waals surface area (Å²) in [6.45, 7) is 1.01. The highest BCUT2D eigenvalue weighted by Crippen LogP contribution is 2.31. The summed E-state index contributed by atoms with van der Waals surface area (Å²) in [4.78, 5) is 14.8. The van der Waals surface area contributed by atoms with Gasteiger partial charge >= 0.3 is 0 Å². The molecule has 1 aromatic rings. The van der Waals surface area contributed by atoms with Gasteiger partial charge in [0.25, 0.3) is 0 Å². The van der Waals surface area contributed by atoms with Gasteiger partial charge in [-0.2, -0.15) is 4.31 Å². The first-order chi connectivity index (χ1) is 11.5. The van der Waals surface area contributed by atoms with Gasteiger partial charge in [-0.25, -0.2) is 8.42 Å². The molecule has 2 aliphatic rings. The minimum Gasteiger partial charge on any atom is -0.328 e. The van der Waals surface area contributed by atoms with Crippen LogP contribution in [0.15, 0.2) is 35.2 Å². The monoisotopic (exact) mass is 346 g/mol. The second kappa shape index (κ2) is 6.96. The van der Waals surface area contributed by atoms with Gasteiger partial charge in [0.15, 0.2) is 0 Å². The van der Waals surface area contributed by atoms with E-state index >= 15 is 0 Å². The first-order valence-electron chi connectivity index (χ1n) is 8.33. The number of hydrogen-bond donors (Lipinski definition) is 0. The van der Waals surface area contributed by atoms with Gasteiger partial charge in [-0.15, -0.1) is 6.42 Å². The van der Waals surface area contributed by atoms with Crippen LogP contribution in [0.5, 0.6) is 0 Å². The van der Waals surface area contributed by atoms with Crippen molar-refractivity contribution < 1.29 is 13.2 Å². The van der Waals surface area contributed by atoms with Crippen LogP contribution in [0.3, 0.4) is 0 Å². The fraction of sp³-hybridized carbons (Fsp3) is 0.500. The van der Waals surface area contributed by atoms with Crippen LogP contribution < -0.4 is 0 Å². The molecule has 1 aliphatic heterocycles. The molecular formula is C18H22N2O3S. The van der Waals surface area contributed by atoms with E-state index in [1.54, 1.807) is 35.2 Å². The molecule has 3 rings (SSSR count). The number of terminal acetylenes is 1. The Morgan fingerprint density at radius 2 is 1.96 bits per heavy atom. The van der Waals surface area contributed by atoms with Crippen LogP contribution in [0.4, 0.5) is 0 Å². The molecule has 1 aromatic carbocycles. The molecule has 24 heavy (non-hydrogen) atoms. The summed E-state index contributed by atoms with van der Waals surface area (Å²) in [5.74, 6) is 2.25. The summed E-state index contributed by atoms with van der Waals surface area (Å²) in [7, 11) is -3.55. The molecule has 5 nitrogen and oxygen atoms in total. The predicted molar refractivity (Wildman–Crippen MR) is 91.5 cm³/mol. The quantitative estimate of drug-likeness (QED) is 0.763. The maximum Gasteiger partial charge on any atom is 0.243 e. The van der Waals surface area contributed by atoms with E-state index in [0.717, 1.165) is 12.8 Å². The number of rotatable bonds is 5. The number of hydrogen-bond acceptors (Lipinski definition) is 3. The van der Waals surface area contributed by atoms with Gasteiger partial charge in [-0.1, -0.05) is 24.1 Å². The molecule has 128 valence electrons. The lowest BCUT2D eigenvalue weighted by Crippen LogP contribution is -2.47. The van der Waals surface area contributed by atoms with Gasteiger partial charge in [-0.3, -0.25) is 4.79 Å². The SMILES string of the molecule is C#CCN(C(=O)C1CCCN(S(=O)(=O)c2ccccc2)C1)C1CC1. The lowest BCUT2D eigenvalue weighted by atomic mass is 9.98. The summed E-state index contributed by atoms with van der Waals surface area (Å²) in [6.07, 6.45) is 8.78. The summed E-state index contributed by atoms with van der Waals surface area (Å²) in [5.41, 5.74) is 0.